The minimum Gasteiger partial charge on any atom is -0.359 e. The van der Waals surface area contributed by atoms with Gasteiger partial charge in [-0.15, -0.1) is 0 Å². The maximum absolute atomic E-state index is 12.2. The number of aryl methyl sites for hydroxylation is 1. The molecule has 0 fully saturated rings. The van der Waals surface area contributed by atoms with E-state index in [1.807, 2.05) is 42.5 Å². The van der Waals surface area contributed by atoms with Crippen molar-refractivity contribution in [3.8, 4) is 0 Å². The summed E-state index contributed by atoms with van der Waals surface area (Å²) in [5.41, 5.74) is 2.47. The van der Waals surface area contributed by atoms with Crippen LogP contribution in [0.3, 0.4) is 0 Å². The highest BCUT2D eigenvalue weighted by Gasteiger charge is 2.09. The molecule has 4 nitrogen and oxygen atoms in total. The van der Waals surface area contributed by atoms with Crippen LogP contribution >= 0.6 is 22.6 Å². The maximum Gasteiger partial charge on any atom is 0.256 e. The smallest absolute Gasteiger partial charge is 0.256 e. The number of carbonyl (C=O) groups excluding carboxylic acids is 2. The minimum absolute atomic E-state index is 0.0241. The van der Waals surface area contributed by atoms with Crippen molar-refractivity contribution in [3.63, 3.8) is 0 Å². The van der Waals surface area contributed by atoms with Crippen LogP contribution in [0.4, 0.5) is 5.69 Å². The van der Waals surface area contributed by atoms with Crippen LogP contribution in [-0.4, -0.2) is 18.9 Å². The summed E-state index contributed by atoms with van der Waals surface area (Å²) < 4.78 is 0.916. The molecule has 0 aliphatic heterocycles. The summed E-state index contributed by atoms with van der Waals surface area (Å²) >= 11 is 2.15. The molecule has 0 aliphatic carbocycles. The molecule has 0 unspecified atom stereocenters. The van der Waals surface area contributed by atoms with Crippen LogP contribution in [0.2, 0.25) is 0 Å². The van der Waals surface area contributed by atoms with Gasteiger partial charge in [-0.2, -0.15) is 0 Å². The number of nitrogens with one attached hydrogen (secondary N) is 2. The fourth-order valence-electron chi connectivity index (χ4n) is 1.98. The second-order valence-electron chi connectivity index (χ2n) is 4.80. The van der Waals surface area contributed by atoms with Gasteiger partial charge in [0.2, 0.25) is 5.91 Å². The molecular formula is C17H17IN2O2. The van der Waals surface area contributed by atoms with E-state index < -0.39 is 0 Å². The number of anilines is 1. The second kappa shape index (κ2) is 7.93. The Morgan fingerprint density at radius 1 is 1.05 bits per heavy atom. The molecular weight excluding hydrogens is 391 g/mol. The van der Waals surface area contributed by atoms with Crippen LogP contribution < -0.4 is 10.6 Å². The Kier molecular flexibility index (Phi) is 5.94. The van der Waals surface area contributed by atoms with Gasteiger partial charge in [-0.3, -0.25) is 9.59 Å². The van der Waals surface area contributed by atoms with Gasteiger partial charge in [0.1, 0.15) is 0 Å². The van der Waals surface area contributed by atoms with Crippen molar-refractivity contribution in [2.24, 2.45) is 0 Å². The van der Waals surface area contributed by atoms with E-state index >= 15 is 0 Å². The summed E-state index contributed by atoms with van der Waals surface area (Å²) in [5, 5.41) is 5.48. The topological polar surface area (TPSA) is 58.2 Å². The molecule has 2 aromatic carbocycles. The third kappa shape index (κ3) is 4.56. The van der Waals surface area contributed by atoms with E-state index in [1.54, 1.807) is 13.1 Å². The molecule has 2 N–H and O–H groups in total. The van der Waals surface area contributed by atoms with Gasteiger partial charge < -0.3 is 10.6 Å². The van der Waals surface area contributed by atoms with Gasteiger partial charge in [0.05, 0.1) is 5.56 Å². The van der Waals surface area contributed by atoms with E-state index in [-0.39, 0.29) is 11.8 Å². The first-order valence-electron chi connectivity index (χ1n) is 6.95. The van der Waals surface area contributed by atoms with E-state index in [0.717, 1.165) is 14.8 Å². The molecule has 0 aliphatic rings. The fraction of sp³-hybridized carbons (Fsp3) is 0.176. The first-order valence-corrected chi connectivity index (χ1v) is 8.03. The second-order valence-corrected chi connectivity index (χ2v) is 5.97. The standard InChI is InChI=1S/C17H17IN2O2/c1-19-16(21)11-8-12-6-9-13(10-7-12)20-17(22)14-4-2-3-5-15(14)18/h2-7,9-10H,8,11H2,1H3,(H,19,21)(H,20,22). The SMILES string of the molecule is CNC(=O)CCc1ccc(NC(=O)c2ccccc2I)cc1. The van der Waals surface area contributed by atoms with Crippen LogP contribution in [0, 0.1) is 3.57 Å². The van der Waals surface area contributed by atoms with Crippen molar-refractivity contribution in [1.29, 1.82) is 0 Å². The highest BCUT2D eigenvalue weighted by Crippen LogP contribution is 2.16. The van der Waals surface area contributed by atoms with Gasteiger partial charge in [0.25, 0.3) is 5.91 Å². The minimum atomic E-state index is -0.122. The molecule has 0 heterocycles. The Morgan fingerprint density at radius 2 is 1.73 bits per heavy atom. The Balaban J connectivity index is 1.98. The first kappa shape index (κ1) is 16.5. The van der Waals surface area contributed by atoms with E-state index in [4.69, 9.17) is 0 Å². The molecule has 0 aromatic heterocycles. The Morgan fingerprint density at radius 3 is 2.36 bits per heavy atom. The zero-order chi connectivity index (χ0) is 15.9. The van der Waals surface area contributed by atoms with Crippen molar-refractivity contribution in [3.05, 3.63) is 63.2 Å². The van der Waals surface area contributed by atoms with E-state index in [0.29, 0.717) is 18.4 Å². The number of hydrogen-bond donors (Lipinski definition) is 2. The van der Waals surface area contributed by atoms with Crippen LogP contribution in [0.15, 0.2) is 48.5 Å². The fourth-order valence-corrected chi connectivity index (χ4v) is 2.61. The van der Waals surface area contributed by atoms with Gasteiger partial charge in [-0.05, 0) is 58.8 Å². The highest BCUT2D eigenvalue weighted by molar-refractivity contribution is 14.1. The third-order valence-corrected chi connectivity index (χ3v) is 4.19. The molecule has 22 heavy (non-hydrogen) atoms. The number of carbonyl (C=O) groups is 2. The number of benzene rings is 2. The van der Waals surface area contributed by atoms with Crippen molar-refractivity contribution in [1.82, 2.24) is 5.32 Å². The number of rotatable bonds is 5. The van der Waals surface area contributed by atoms with Gasteiger partial charge in [0, 0.05) is 22.7 Å². The maximum atomic E-state index is 12.2. The molecule has 2 amide bonds. The zero-order valence-corrected chi connectivity index (χ0v) is 14.4. The average Bonchev–Trinajstić information content (AvgIpc) is 2.54. The number of amides is 2. The predicted molar refractivity (Wildman–Crippen MR) is 95.9 cm³/mol. The molecule has 114 valence electrons. The summed E-state index contributed by atoms with van der Waals surface area (Å²) in [5.74, 6) is -0.0980. The third-order valence-electron chi connectivity index (χ3n) is 3.25. The quantitative estimate of drug-likeness (QED) is 0.747. The van der Waals surface area contributed by atoms with E-state index in [1.165, 1.54) is 0 Å². The Bertz CT molecular complexity index is 669. The summed E-state index contributed by atoms with van der Waals surface area (Å²) in [4.78, 5) is 23.4. The molecule has 5 heteroatoms. The van der Waals surface area contributed by atoms with E-state index in [9.17, 15) is 9.59 Å². The number of hydrogen-bond acceptors (Lipinski definition) is 2. The summed E-state index contributed by atoms with van der Waals surface area (Å²) in [7, 11) is 1.63. The van der Waals surface area contributed by atoms with Crippen molar-refractivity contribution < 1.29 is 9.59 Å². The number of halogens is 1. The molecule has 0 saturated carbocycles. The Hall–Kier alpha value is -1.89. The average molecular weight is 408 g/mol. The van der Waals surface area contributed by atoms with Gasteiger partial charge in [-0.25, -0.2) is 0 Å². The van der Waals surface area contributed by atoms with Crippen LogP contribution in [-0.2, 0) is 11.2 Å². The summed E-state index contributed by atoms with van der Waals surface area (Å²) in [6, 6.07) is 15.0. The largest absolute Gasteiger partial charge is 0.359 e. The highest BCUT2D eigenvalue weighted by atomic mass is 127. The van der Waals surface area contributed by atoms with E-state index in [2.05, 4.69) is 33.2 Å². The van der Waals surface area contributed by atoms with Gasteiger partial charge in [0.15, 0.2) is 0 Å². The molecule has 0 saturated heterocycles. The first-order chi connectivity index (χ1) is 10.6. The molecule has 0 radical (unpaired) electrons. The van der Waals surface area contributed by atoms with Crippen LogP contribution in [0.1, 0.15) is 22.3 Å². The monoisotopic (exact) mass is 408 g/mol. The van der Waals surface area contributed by atoms with Crippen LogP contribution in [0.25, 0.3) is 0 Å². The molecule has 0 bridgehead atoms. The lowest BCUT2D eigenvalue weighted by Crippen LogP contribution is -2.17. The van der Waals surface area contributed by atoms with Gasteiger partial charge >= 0.3 is 0 Å². The van der Waals surface area contributed by atoms with Crippen molar-refractivity contribution in [2.45, 2.75) is 12.8 Å². The lowest BCUT2D eigenvalue weighted by Gasteiger charge is -2.08. The lowest BCUT2D eigenvalue weighted by atomic mass is 10.1. The normalized spacial score (nSPS) is 10.1. The van der Waals surface area contributed by atoms with Crippen LogP contribution in [0.5, 0.6) is 0 Å². The van der Waals surface area contributed by atoms with Gasteiger partial charge in [-0.1, -0.05) is 24.3 Å². The Labute approximate surface area is 143 Å². The molecule has 0 spiro atoms. The van der Waals surface area contributed by atoms with Crippen molar-refractivity contribution >= 4 is 40.1 Å². The molecule has 2 aromatic rings. The summed E-state index contributed by atoms with van der Waals surface area (Å²) in [6.07, 6.45) is 1.15. The molecule has 2 rings (SSSR count). The van der Waals surface area contributed by atoms with Crippen molar-refractivity contribution in [2.75, 3.05) is 12.4 Å². The lowest BCUT2D eigenvalue weighted by molar-refractivity contribution is -0.120. The summed E-state index contributed by atoms with van der Waals surface area (Å²) in [6.45, 7) is 0. The zero-order valence-electron chi connectivity index (χ0n) is 12.2. The predicted octanol–water partition coefficient (Wildman–Crippen LogP) is 3.22. The molecule has 0 atom stereocenters.